The van der Waals surface area contributed by atoms with Gasteiger partial charge in [-0.15, -0.1) is 24.0 Å². The van der Waals surface area contributed by atoms with Crippen LogP contribution in [0, 0.1) is 5.92 Å². The standard InChI is InChI=1S/C23H31N3O2.HI/c1-3-24-23(26-15-12-20(13-16-26)22(27)28-4-2)25-14-11-18-9-10-19-7-5-6-8-21(19)17-18;/h5-10,17,20H,3-4,11-16H2,1-2H3,(H,24,25);1H. The van der Waals surface area contributed by atoms with Gasteiger partial charge in [0.25, 0.3) is 0 Å². The molecule has 2 aromatic carbocycles. The van der Waals surface area contributed by atoms with Gasteiger partial charge in [-0.25, -0.2) is 0 Å². The first-order valence-electron chi connectivity index (χ1n) is 10.4. The number of hydrogen-bond acceptors (Lipinski definition) is 3. The van der Waals surface area contributed by atoms with Gasteiger partial charge in [0.05, 0.1) is 12.5 Å². The number of aliphatic imine (C=N–C) groups is 1. The normalized spacial score (nSPS) is 15.1. The first-order chi connectivity index (χ1) is 13.7. The number of nitrogens with one attached hydrogen (secondary N) is 1. The lowest BCUT2D eigenvalue weighted by molar-refractivity contribution is -0.149. The largest absolute Gasteiger partial charge is 0.466 e. The third-order valence-electron chi connectivity index (χ3n) is 5.23. The van der Waals surface area contributed by atoms with Gasteiger partial charge in [0.2, 0.25) is 0 Å². The summed E-state index contributed by atoms with van der Waals surface area (Å²) < 4.78 is 5.17. The molecule has 0 aliphatic carbocycles. The van der Waals surface area contributed by atoms with E-state index in [4.69, 9.17) is 9.73 Å². The first-order valence-corrected chi connectivity index (χ1v) is 10.4. The van der Waals surface area contributed by atoms with Gasteiger partial charge in [0.15, 0.2) is 5.96 Å². The Labute approximate surface area is 190 Å². The average molecular weight is 509 g/mol. The Morgan fingerprint density at radius 3 is 2.55 bits per heavy atom. The van der Waals surface area contributed by atoms with Crippen LogP contribution in [0.15, 0.2) is 47.5 Å². The summed E-state index contributed by atoms with van der Waals surface area (Å²) in [4.78, 5) is 19.0. The van der Waals surface area contributed by atoms with Gasteiger partial charge >= 0.3 is 5.97 Å². The highest BCUT2D eigenvalue weighted by Crippen LogP contribution is 2.19. The van der Waals surface area contributed by atoms with E-state index in [0.29, 0.717) is 6.61 Å². The zero-order valence-electron chi connectivity index (χ0n) is 17.4. The van der Waals surface area contributed by atoms with Crippen LogP contribution in [0.2, 0.25) is 0 Å². The van der Waals surface area contributed by atoms with Crippen LogP contribution in [0.3, 0.4) is 0 Å². The highest BCUT2D eigenvalue weighted by atomic mass is 127. The van der Waals surface area contributed by atoms with Crippen molar-refractivity contribution in [1.29, 1.82) is 0 Å². The third-order valence-corrected chi connectivity index (χ3v) is 5.23. The summed E-state index contributed by atoms with van der Waals surface area (Å²) in [6.45, 7) is 7.67. The van der Waals surface area contributed by atoms with E-state index < -0.39 is 0 Å². The number of nitrogens with zero attached hydrogens (tertiary/aromatic N) is 2. The van der Waals surface area contributed by atoms with E-state index in [9.17, 15) is 4.79 Å². The molecule has 1 saturated heterocycles. The molecule has 5 nitrogen and oxygen atoms in total. The van der Waals surface area contributed by atoms with Gasteiger partial charge in [-0.1, -0.05) is 42.5 Å². The van der Waals surface area contributed by atoms with Crippen LogP contribution in [0.1, 0.15) is 32.3 Å². The molecule has 1 aliphatic rings. The van der Waals surface area contributed by atoms with Crippen molar-refractivity contribution < 1.29 is 9.53 Å². The monoisotopic (exact) mass is 509 g/mol. The number of halogens is 1. The summed E-state index contributed by atoms with van der Waals surface area (Å²) in [6, 6.07) is 15.1. The van der Waals surface area contributed by atoms with Crippen molar-refractivity contribution in [2.45, 2.75) is 33.1 Å². The molecule has 0 spiro atoms. The third kappa shape index (κ3) is 6.59. The summed E-state index contributed by atoms with van der Waals surface area (Å²) in [6.07, 6.45) is 2.57. The second-order valence-corrected chi connectivity index (χ2v) is 7.18. The summed E-state index contributed by atoms with van der Waals surface area (Å²) in [5.74, 6) is 0.919. The van der Waals surface area contributed by atoms with Crippen LogP contribution in [0.5, 0.6) is 0 Å². The summed E-state index contributed by atoms with van der Waals surface area (Å²) in [7, 11) is 0. The Morgan fingerprint density at radius 2 is 1.86 bits per heavy atom. The molecular weight excluding hydrogens is 477 g/mol. The molecule has 2 aromatic rings. The maximum absolute atomic E-state index is 11.9. The van der Waals surface area contributed by atoms with Crippen molar-refractivity contribution in [3.63, 3.8) is 0 Å². The van der Waals surface area contributed by atoms with Crippen molar-refractivity contribution in [3.05, 3.63) is 48.0 Å². The van der Waals surface area contributed by atoms with Crippen molar-refractivity contribution in [1.82, 2.24) is 10.2 Å². The predicted molar refractivity (Wildman–Crippen MR) is 130 cm³/mol. The Morgan fingerprint density at radius 1 is 1.14 bits per heavy atom. The van der Waals surface area contributed by atoms with Crippen LogP contribution in [-0.4, -0.2) is 49.6 Å². The van der Waals surface area contributed by atoms with E-state index >= 15 is 0 Å². The summed E-state index contributed by atoms with van der Waals surface area (Å²) in [5, 5.41) is 5.94. The Balaban J connectivity index is 0.00000300. The van der Waals surface area contributed by atoms with E-state index in [0.717, 1.165) is 51.4 Å². The lowest BCUT2D eigenvalue weighted by atomic mass is 9.97. The number of ether oxygens (including phenoxy) is 1. The van der Waals surface area contributed by atoms with Crippen LogP contribution in [0.25, 0.3) is 10.8 Å². The van der Waals surface area contributed by atoms with E-state index in [-0.39, 0.29) is 35.9 Å². The van der Waals surface area contributed by atoms with Gasteiger partial charge < -0.3 is 15.0 Å². The SMILES string of the molecule is CCNC(=NCCc1ccc2ccccc2c1)N1CCC(C(=O)OCC)CC1.I. The van der Waals surface area contributed by atoms with Crippen LogP contribution in [0.4, 0.5) is 0 Å². The number of piperidine rings is 1. The number of rotatable bonds is 6. The zero-order valence-corrected chi connectivity index (χ0v) is 19.7. The quantitative estimate of drug-likeness (QED) is 0.274. The fourth-order valence-electron chi connectivity index (χ4n) is 3.70. The van der Waals surface area contributed by atoms with Gasteiger partial charge in [0, 0.05) is 26.2 Å². The summed E-state index contributed by atoms with van der Waals surface area (Å²) in [5.41, 5.74) is 1.30. The number of carbonyl (C=O) groups excluding carboxylic acids is 1. The maximum atomic E-state index is 11.9. The second-order valence-electron chi connectivity index (χ2n) is 7.18. The number of likely N-dealkylation sites (tertiary alicyclic amines) is 1. The smallest absolute Gasteiger partial charge is 0.309 e. The van der Waals surface area contributed by atoms with E-state index in [1.54, 1.807) is 0 Å². The molecule has 0 bridgehead atoms. The minimum Gasteiger partial charge on any atom is -0.466 e. The molecule has 0 atom stereocenters. The number of esters is 1. The number of guanidine groups is 1. The van der Waals surface area contributed by atoms with Crippen molar-refractivity contribution in [3.8, 4) is 0 Å². The van der Waals surface area contributed by atoms with Crippen molar-refractivity contribution >= 4 is 46.7 Å². The number of benzene rings is 2. The predicted octanol–water partition coefficient (Wildman–Crippen LogP) is 4.24. The summed E-state index contributed by atoms with van der Waals surface area (Å²) >= 11 is 0. The van der Waals surface area contributed by atoms with Gasteiger partial charge in [-0.3, -0.25) is 9.79 Å². The Hall–Kier alpha value is -1.83. The molecule has 1 aliphatic heterocycles. The molecule has 6 heteroatoms. The second kappa shape index (κ2) is 12.0. The topological polar surface area (TPSA) is 53.9 Å². The molecule has 0 amide bonds. The molecular formula is C23H32IN3O2. The van der Waals surface area contributed by atoms with Gasteiger partial charge in [-0.2, -0.15) is 0 Å². The zero-order chi connectivity index (χ0) is 19.8. The minimum absolute atomic E-state index is 0. The molecule has 0 unspecified atom stereocenters. The molecule has 3 rings (SSSR count). The molecule has 1 N–H and O–H groups in total. The minimum atomic E-state index is -0.0552. The van der Waals surface area contributed by atoms with Crippen molar-refractivity contribution in [2.24, 2.45) is 10.9 Å². The molecule has 0 radical (unpaired) electrons. The van der Waals surface area contributed by atoms with Gasteiger partial charge in [-0.05, 0) is 49.4 Å². The fourth-order valence-corrected chi connectivity index (χ4v) is 3.70. The van der Waals surface area contributed by atoms with Crippen molar-refractivity contribution in [2.75, 3.05) is 32.8 Å². The van der Waals surface area contributed by atoms with E-state index in [1.807, 2.05) is 6.92 Å². The molecule has 1 fully saturated rings. The fraction of sp³-hybridized carbons (Fsp3) is 0.478. The number of hydrogen-bond donors (Lipinski definition) is 1. The Kier molecular flexibility index (Phi) is 9.70. The lowest BCUT2D eigenvalue weighted by Crippen LogP contribution is -2.46. The highest BCUT2D eigenvalue weighted by Gasteiger charge is 2.27. The van der Waals surface area contributed by atoms with Gasteiger partial charge in [0.1, 0.15) is 0 Å². The maximum Gasteiger partial charge on any atom is 0.309 e. The molecule has 0 aromatic heterocycles. The Bertz CT molecular complexity index is 817. The van der Waals surface area contributed by atoms with Crippen LogP contribution in [-0.2, 0) is 16.0 Å². The van der Waals surface area contributed by atoms with E-state index in [2.05, 4.69) is 59.6 Å². The molecule has 29 heavy (non-hydrogen) atoms. The highest BCUT2D eigenvalue weighted by molar-refractivity contribution is 14.0. The lowest BCUT2D eigenvalue weighted by Gasteiger charge is -2.33. The molecule has 1 heterocycles. The van der Waals surface area contributed by atoms with Crippen LogP contribution >= 0.6 is 24.0 Å². The molecule has 158 valence electrons. The average Bonchev–Trinajstić information content (AvgIpc) is 2.73. The molecule has 0 saturated carbocycles. The van der Waals surface area contributed by atoms with E-state index in [1.165, 1.54) is 16.3 Å². The number of carbonyl (C=O) groups is 1. The first kappa shape index (κ1) is 23.4. The number of fused-ring (bicyclic) bond motifs is 1. The van der Waals surface area contributed by atoms with Crippen LogP contribution < -0.4 is 5.32 Å².